The number of rotatable bonds is 6. The summed E-state index contributed by atoms with van der Waals surface area (Å²) in [5.74, 6) is 0.548. The van der Waals surface area contributed by atoms with Gasteiger partial charge in [-0.1, -0.05) is 6.07 Å². The molecule has 0 radical (unpaired) electrons. The first kappa shape index (κ1) is 28.6. The number of aromatic amines is 1. The SMILES string of the molecule is COC(=O)N[C@@H]1CC[C@@H](n2c(=O)nc(N(C)C)c3cnc4[nH]c(-c5cnn(C)c5)c(-c5ccc6c(cnn6C(C)C)c5)c4c32)C1. The van der Waals surface area contributed by atoms with Crippen molar-refractivity contribution in [3.63, 3.8) is 0 Å². The first-order chi connectivity index (χ1) is 21.6. The minimum Gasteiger partial charge on any atom is -0.453 e. The highest BCUT2D eigenvalue weighted by Gasteiger charge is 2.32. The normalized spacial score (nSPS) is 16.8. The molecule has 1 amide bonds. The number of carbonyl (C=O) groups excluding carboxylic acids is 1. The molecule has 0 spiro atoms. The van der Waals surface area contributed by atoms with Gasteiger partial charge in [0.1, 0.15) is 11.5 Å². The Morgan fingerprint density at radius 2 is 1.96 bits per heavy atom. The lowest BCUT2D eigenvalue weighted by Crippen LogP contribution is -2.34. The zero-order chi connectivity index (χ0) is 31.6. The van der Waals surface area contributed by atoms with Gasteiger partial charge in [0.05, 0.1) is 47.0 Å². The first-order valence-corrected chi connectivity index (χ1v) is 15.1. The number of H-pyrrole nitrogens is 1. The average Bonchev–Trinajstić information content (AvgIpc) is 3.81. The molecule has 1 fully saturated rings. The number of aryl methyl sites for hydroxylation is 1. The van der Waals surface area contributed by atoms with Gasteiger partial charge in [0.25, 0.3) is 0 Å². The number of anilines is 1. The van der Waals surface area contributed by atoms with E-state index in [0.29, 0.717) is 24.3 Å². The quantitative estimate of drug-likeness (QED) is 0.275. The molecule has 5 heterocycles. The van der Waals surface area contributed by atoms with E-state index in [4.69, 9.17) is 9.72 Å². The Kier molecular flexibility index (Phi) is 6.83. The third-order valence-electron chi connectivity index (χ3n) is 8.75. The lowest BCUT2D eigenvalue weighted by molar-refractivity contribution is 0.166. The number of hydrogen-bond acceptors (Lipinski definition) is 8. The monoisotopic (exact) mass is 608 g/mol. The van der Waals surface area contributed by atoms with Crippen LogP contribution in [-0.2, 0) is 11.8 Å². The second kappa shape index (κ2) is 10.8. The summed E-state index contributed by atoms with van der Waals surface area (Å²) in [6.07, 6.45) is 8.99. The van der Waals surface area contributed by atoms with Crippen LogP contribution in [0.3, 0.4) is 0 Å². The van der Waals surface area contributed by atoms with Gasteiger partial charge in [-0.15, -0.1) is 0 Å². The van der Waals surface area contributed by atoms with Crippen molar-refractivity contribution < 1.29 is 9.53 Å². The van der Waals surface area contributed by atoms with E-state index < -0.39 is 6.09 Å². The van der Waals surface area contributed by atoms with E-state index in [9.17, 15) is 9.59 Å². The molecule has 0 saturated heterocycles. The van der Waals surface area contributed by atoms with Crippen LogP contribution in [0.4, 0.5) is 10.6 Å². The Morgan fingerprint density at radius 1 is 1.13 bits per heavy atom. The lowest BCUT2D eigenvalue weighted by Gasteiger charge is -2.22. The van der Waals surface area contributed by atoms with E-state index in [1.807, 2.05) is 53.9 Å². The summed E-state index contributed by atoms with van der Waals surface area (Å²) in [6.45, 7) is 4.23. The molecular formula is C32H36N10O3. The number of aromatic nitrogens is 8. The lowest BCUT2D eigenvalue weighted by atomic mass is 9.97. The third-order valence-corrected chi connectivity index (χ3v) is 8.75. The van der Waals surface area contributed by atoms with Crippen LogP contribution in [-0.4, -0.2) is 72.4 Å². The van der Waals surface area contributed by atoms with E-state index >= 15 is 0 Å². The summed E-state index contributed by atoms with van der Waals surface area (Å²) >= 11 is 0. The molecule has 1 aliphatic rings. The Labute approximate surface area is 258 Å². The number of fused-ring (bicyclic) bond motifs is 4. The molecule has 5 aromatic heterocycles. The Bertz CT molecular complexity index is 2150. The summed E-state index contributed by atoms with van der Waals surface area (Å²) in [6, 6.07) is 6.26. The van der Waals surface area contributed by atoms with Crippen LogP contribution in [0.1, 0.15) is 45.2 Å². The van der Waals surface area contributed by atoms with Crippen LogP contribution >= 0.6 is 0 Å². The standard InChI is InChI=1S/C32H36N10O3/c1-17(2)42-24-10-7-18(11-19(24)13-35-42)25-26-28-23(15-33-29(26)37-27(25)20-14-34-40(5)16-20)30(39(3)4)38-31(43)41(28)22-9-8-21(12-22)36-32(44)45-6/h7,10-11,13-17,21-22H,8-9,12H2,1-6H3,(H,33,37)(H,36,44)/t21-,22-/m1/s1. The summed E-state index contributed by atoms with van der Waals surface area (Å²) in [5.41, 5.74) is 5.75. The maximum atomic E-state index is 14.0. The predicted octanol–water partition coefficient (Wildman–Crippen LogP) is 4.79. The number of nitrogens with one attached hydrogen (secondary N) is 2. The summed E-state index contributed by atoms with van der Waals surface area (Å²) in [7, 11) is 6.99. The minimum absolute atomic E-state index is 0.119. The fourth-order valence-electron chi connectivity index (χ4n) is 6.76. The molecule has 13 nitrogen and oxygen atoms in total. The number of nitrogens with zero attached hydrogens (tertiary/aromatic N) is 8. The third kappa shape index (κ3) is 4.69. The molecule has 0 bridgehead atoms. The molecule has 2 N–H and O–H groups in total. The van der Waals surface area contributed by atoms with Crippen molar-refractivity contribution in [3.8, 4) is 22.4 Å². The highest BCUT2D eigenvalue weighted by atomic mass is 16.5. The van der Waals surface area contributed by atoms with Gasteiger partial charge >= 0.3 is 11.8 Å². The van der Waals surface area contributed by atoms with Gasteiger partial charge in [0.15, 0.2) is 0 Å². The van der Waals surface area contributed by atoms with Crippen molar-refractivity contribution in [3.05, 3.63) is 53.5 Å². The van der Waals surface area contributed by atoms with Gasteiger partial charge in [0, 0.05) is 68.2 Å². The van der Waals surface area contributed by atoms with Crippen molar-refractivity contribution >= 4 is 44.8 Å². The van der Waals surface area contributed by atoms with Gasteiger partial charge in [-0.05, 0) is 50.8 Å². The smallest absolute Gasteiger partial charge is 0.407 e. The maximum absolute atomic E-state index is 14.0. The highest BCUT2D eigenvalue weighted by molar-refractivity contribution is 6.16. The number of pyridine rings is 1. The maximum Gasteiger partial charge on any atom is 0.407 e. The van der Waals surface area contributed by atoms with Crippen LogP contribution in [0.25, 0.3) is 55.2 Å². The van der Waals surface area contributed by atoms with Crippen LogP contribution in [0.2, 0.25) is 0 Å². The van der Waals surface area contributed by atoms with Gasteiger partial charge < -0.3 is 19.9 Å². The number of benzene rings is 1. The molecule has 1 aromatic carbocycles. The van der Waals surface area contributed by atoms with Gasteiger partial charge in [-0.25, -0.2) is 14.6 Å². The van der Waals surface area contributed by atoms with Crippen LogP contribution in [0, 0.1) is 0 Å². The molecular weight excluding hydrogens is 572 g/mol. The van der Waals surface area contributed by atoms with Crippen molar-refractivity contribution in [2.75, 3.05) is 26.1 Å². The van der Waals surface area contributed by atoms with E-state index in [0.717, 1.165) is 56.0 Å². The number of amides is 1. The van der Waals surface area contributed by atoms with E-state index in [-0.39, 0.29) is 23.8 Å². The van der Waals surface area contributed by atoms with Gasteiger partial charge in [-0.2, -0.15) is 15.2 Å². The second-order valence-corrected chi connectivity index (χ2v) is 12.3. The molecule has 0 aliphatic heterocycles. The Morgan fingerprint density at radius 3 is 2.67 bits per heavy atom. The fraction of sp³-hybridized carbons (Fsp3) is 0.375. The molecule has 45 heavy (non-hydrogen) atoms. The van der Waals surface area contributed by atoms with Crippen molar-refractivity contribution in [1.82, 2.24) is 44.4 Å². The van der Waals surface area contributed by atoms with Crippen LogP contribution in [0.5, 0.6) is 0 Å². The molecule has 1 saturated carbocycles. The van der Waals surface area contributed by atoms with E-state index in [1.165, 1.54) is 7.11 Å². The number of alkyl carbamates (subject to hydrolysis) is 1. The number of carbonyl (C=O) groups is 1. The molecule has 2 atom stereocenters. The van der Waals surface area contributed by atoms with Crippen molar-refractivity contribution in [2.45, 2.75) is 51.2 Å². The minimum atomic E-state index is -0.476. The van der Waals surface area contributed by atoms with Crippen LogP contribution < -0.4 is 15.9 Å². The average molecular weight is 609 g/mol. The zero-order valence-corrected chi connectivity index (χ0v) is 26.2. The summed E-state index contributed by atoms with van der Waals surface area (Å²) in [5, 5.41) is 14.6. The second-order valence-electron chi connectivity index (χ2n) is 12.3. The molecule has 1 aliphatic carbocycles. The molecule has 7 rings (SSSR count). The zero-order valence-electron chi connectivity index (χ0n) is 26.2. The topological polar surface area (TPSA) is 141 Å². The molecule has 6 aromatic rings. The first-order valence-electron chi connectivity index (χ1n) is 15.1. The summed E-state index contributed by atoms with van der Waals surface area (Å²) in [4.78, 5) is 40.9. The highest BCUT2D eigenvalue weighted by Crippen LogP contribution is 2.44. The van der Waals surface area contributed by atoms with Crippen molar-refractivity contribution in [1.29, 1.82) is 0 Å². The van der Waals surface area contributed by atoms with E-state index in [1.54, 1.807) is 10.9 Å². The van der Waals surface area contributed by atoms with Gasteiger partial charge in [0.2, 0.25) is 0 Å². The summed E-state index contributed by atoms with van der Waals surface area (Å²) < 4.78 is 10.4. The van der Waals surface area contributed by atoms with E-state index in [2.05, 4.69) is 57.5 Å². The van der Waals surface area contributed by atoms with Crippen LogP contribution in [0.15, 0.2) is 47.8 Å². The molecule has 13 heteroatoms. The fourth-order valence-corrected chi connectivity index (χ4v) is 6.76. The number of ether oxygens (including phenoxy) is 1. The Balaban J connectivity index is 1.55. The largest absolute Gasteiger partial charge is 0.453 e. The predicted molar refractivity (Wildman–Crippen MR) is 174 cm³/mol. The number of methoxy groups -OCH3 is 1. The van der Waals surface area contributed by atoms with Gasteiger partial charge in [-0.3, -0.25) is 13.9 Å². The Hall–Kier alpha value is -5.20. The molecule has 232 valence electrons. The molecule has 0 unspecified atom stereocenters. The number of hydrogen-bond donors (Lipinski definition) is 2. The van der Waals surface area contributed by atoms with Crippen molar-refractivity contribution in [2.24, 2.45) is 7.05 Å².